The molecule has 1 rings (SSSR count). The second kappa shape index (κ2) is 9.51. The molecule has 0 radical (unpaired) electrons. The summed E-state index contributed by atoms with van der Waals surface area (Å²) in [6.07, 6.45) is 1.65. The lowest BCUT2D eigenvalue weighted by molar-refractivity contribution is -0.120. The van der Waals surface area contributed by atoms with Crippen LogP contribution in [0.25, 0.3) is 0 Å². The minimum Gasteiger partial charge on any atom is -0.352 e. The third-order valence-electron chi connectivity index (χ3n) is 2.62. The van der Waals surface area contributed by atoms with Crippen molar-refractivity contribution < 1.29 is 4.79 Å². The molecular formula is C13H24N6OS. The Labute approximate surface area is 129 Å². The van der Waals surface area contributed by atoms with Crippen LogP contribution in [0.4, 0.5) is 0 Å². The molecule has 0 spiro atoms. The van der Waals surface area contributed by atoms with Crippen LogP contribution in [-0.2, 0) is 11.3 Å². The minimum atomic E-state index is -0.252. The van der Waals surface area contributed by atoms with Crippen molar-refractivity contribution in [3.05, 3.63) is 12.7 Å². The third kappa shape index (κ3) is 6.72. The van der Waals surface area contributed by atoms with Gasteiger partial charge in [-0.2, -0.15) is 0 Å². The third-order valence-corrected chi connectivity index (χ3v) is 3.69. The monoisotopic (exact) mass is 312 g/mol. The Bertz CT molecular complexity index is 448. The minimum absolute atomic E-state index is 0.0487. The number of rotatable bonds is 10. The second-order valence-corrected chi connectivity index (χ2v) is 6.38. The summed E-state index contributed by atoms with van der Waals surface area (Å²) in [5.74, 6) is 0.564. The largest absolute Gasteiger partial charge is 0.352 e. The van der Waals surface area contributed by atoms with Crippen molar-refractivity contribution in [1.29, 1.82) is 0 Å². The van der Waals surface area contributed by atoms with Gasteiger partial charge in [-0.25, -0.2) is 4.68 Å². The van der Waals surface area contributed by atoms with Gasteiger partial charge in [-0.05, 0) is 29.8 Å². The molecule has 118 valence electrons. The van der Waals surface area contributed by atoms with Crippen molar-refractivity contribution in [2.45, 2.75) is 37.7 Å². The molecule has 1 aromatic heterocycles. The number of hydrogen-bond donors (Lipinski definition) is 2. The van der Waals surface area contributed by atoms with E-state index in [4.69, 9.17) is 0 Å². The lowest BCUT2D eigenvalue weighted by Gasteiger charge is -2.11. The van der Waals surface area contributed by atoms with Gasteiger partial charge in [0.2, 0.25) is 11.1 Å². The van der Waals surface area contributed by atoms with Crippen molar-refractivity contribution in [2.24, 2.45) is 5.92 Å². The first kappa shape index (κ1) is 17.6. The van der Waals surface area contributed by atoms with Gasteiger partial charge in [-0.15, -0.1) is 11.7 Å². The fourth-order valence-corrected chi connectivity index (χ4v) is 2.36. The molecular weight excluding hydrogens is 288 g/mol. The van der Waals surface area contributed by atoms with Crippen molar-refractivity contribution in [1.82, 2.24) is 30.8 Å². The molecule has 7 nitrogen and oxygen atoms in total. The van der Waals surface area contributed by atoms with Crippen LogP contribution in [0.15, 0.2) is 17.8 Å². The number of nitrogens with zero attached hydrogens (tertiary/aromatic N) is 4. The normalized spacial score (nSPS) is 12.4. The van der Waals surface area contributed by atoms with Crippen LogP contribution >= 0.6 is 11.8 Å². The summed E-state index contributed by atoms with van der Waals surface area (Å²) in [5.41, 5.74) is 0. The molecule has 1 atom stereocenters. The highest BCUT2D eigenvalue weighted by atomic mass is 32.2. The van der Waals surface area contributed by atoms with E-state index in [0.717, 1.165) is 13.1 Å². The van der Waals surface area contributed by atoms with Crippen molar-refractivity contribution in [3.63, 3.8) is 0 Å². The molecule has 0 saturated heterocycles. The van der Waals surface area contributed by atoms with E-state index in [9.17, 15) is 4.79 Å². The molecule has 2 N–H and O–H groups in total. The van der Waals surface area contributed by atoms with Crippen LogP contribution in [0.5, 0.6) is 0 Å². The number of aromatic nitrogens is 4. The van der Waals surface area contributed by atoms with E-state index >= 15 is 0 Å². The maximum Gasteiger partial charge on any atom is 0.233 e. The molecule has 0 aliphatic heterocycles. The Hall–Kier alpha value is -1.41. The Kier molecular flexibility index (Phi) is 7.99. The number of thioether (sulfide) groups is 1. The fourth-order valence-electron chi connectivity index (χ4n) is 1.53. The maximum atomic E-state index is 11.8. The van der Waals surface area contributed by atoms with E-state index in [1.54, 1.807) is 10.8 Å². The molecule has 1 amide bonds. The number of carbonyl (C=O) groups excluding carboxylic acids is 1. The number of hydrogen-bond acceptors (Lipinski definition) is 6. The molecule has 21 heavy (non-hydrogen) atoms. The topological polar surface area (TPSA) is 84.7 Å². The van der Waals surface area contributed by atoms with E-state index in [0.29, 0.717) is 24.2 Å². The second-order valence-electron chi connectivity index (χ2n) is 5.08. The highest BCUT2D eigenvalue weighted by molar-refractivity contribution is 8.00. The summed E-state index contributed by atoms with van der Waals surface area (Å²) in [5, 5.41) is 18.1. The van der Waals surface area contributed by atoms with E-state index in [1.807, 2.05) is 6.92 Å². The van der Waals surface area contributed by atoms with E-state index in [2.05, 4.69) is 46.6 Å². The van der Waals surface area contributed by atoms with Crippen LogP contribution in [-0.4, -0.2) is 51.0 Å². The average molecular weight is 312 g/mol. The summed E-state index contributed by atoms with van der Waals surface area (Å²) >= 11 is 1.35. The zero-order valence-corrected chi connectivity index (χ0v) is 13.7. The Balaban J connectivity index is 2.43. The van der Waals surface area contributed by atoms with Crippen molar-refractivity contribution in [2.75, 3.05) is 19.6 Å². The predicted molar refractivity (Wildman–Crippen MR) is 84.1 cm³/mol. The first-order valence-electron chi connectivity index (χ1n) is 7.06. The Morgan fingerprint density at radius 2 is 2.24 bits per heavy atom. The molecule has 0 fully saturated rings. The van der Waals surface area contributed by atoms with Crippen molar-refractivity contribution >= 4 is 17.7 Å². The molecule has 0 saturated carbocycles. The SMILES string of the molecule is C=CCNC(=O)C(C)Sc1nnnn1CCNCC(C)C. The summed E-state index contributed by atoms with van der Waals surface area (Å²) in [6, 6.07) is 0. The smallest absolute Gasteiger partial charge is 0.233 e. The van der Waals surface area contributed by atoms with Gasteiger partial charge >= 0.3 is 0 Å². The molecule has 1 aromatic rings. The lowest BCUT2D eigenvalue weighted by Crippen LogP contribution is -2.31. The number of nitrogens with one attached hydrogen (secondary N) is 2. The van der Waals surface area contributed by atoms with E-state index in [1.165, 1.54) is 11.8 Å². The van der Waals surface area contributed by atoms with Crippen LogP contribution in [0.1, 0.15) is 20.8 Å². The highest BCUT2D eigenvalue weighted by Gasteiger charge is 2.17. The van der Waals surface area contributed by atoms with E-state index in [-0.39, 0.29) is 11.2 Å². The lowest BCUT2D eigenvalue weighted by atomic mass is 10.2. The Morgan fingerprint density at radius 3 is 2.90 bits per heavy atom. The summed E-state index contributed by atoms with van der Waals surface area (Å²) in [7, 11) is 0. The fraction of sp³-hybridized carbons (Fsp3) is 0.692. The highest BCUT2D eigenvalue weighted by Crippen LogP contribution is 2.19. The predicted octanol–water partition coefficient (Wildman–Crippen LogP) is 0.701. The first-order chi connectivity index (χ1) is 10.0. The van der Waals surface area contributed by atoms with Gasteiger partial charge in [-0.3, -0.25) is 4.79 Å². The van der Waals surface area contributed by atoms with Crippen LogP contribution < -0.4 is 10.6 Å². The van der Waals surface area contributed by atoms with Gasteiger partial charge in [0.15, 0.2) is 0 Å². The summed E-state index contributed by atoms with van der Waals surface area (Å²) < 4.78 is 1.72. The van der Waals surface area contributed by atoms with Gasteiger partial charge in [-0.1, -0.05) is 31.7 Å². The van der Waals surface area contributed by atoms with Crippen LogP contribution in [0.2, 0.25) is 0 Å². The maximum absolute atomic E-state index is 11.8. The summed E-state index contributed by atoms with van der Waals surface area (Å²) in [4.78, 5) is 11.8. The molecule has 0 aromatic carbocycles. The van der Waals surface area contributed by atoms with E-state index < -0.39 is 0 Å². The molecule has 1 unspecified atom stereocenters. The van der Waals surface area contributed by atoms with Crippen LogP contribution in [0.3, 0.4) is 0 Å². The van der Waals surface area contributed by atoms with Gasteiger partial charge < -0.3 is 10.6 Å². The quantitative estimate of drug-likeness (QED) is 0.376. The van der Waals surface area contributed by atoms with Gasteiger partial charge in [0.25, 0.3) is 0 Å². The number of amides is 1. The van der Waals surface area contributed by atoms with Gasteiger partial charge in [0.05, 0.1) is 11.8 Å². The molecule has 0 bridgehead atoms. The average Bonchev–Trinajstić information content (AvgIpc) is 2.88. The van der Waals surface area contributed by atoms with Gasteiger partial charge in [0.1, 0.15) is 0 Å². The zero-order valence-electron chi connectivity index (χ0n) is 12.9. The standard InChI is InChI=1S/C13H24N6OS/c1-5-6-15-12(20)11(4)21-13-16-17-18-19(13)8-7-14-9-10(2)3/h5,10-11,14H,1,6-9H2,2-4H3,(H,15,20). The van der Waals surface area contributed by atoms with Crippen molar-refractivity contribution in [3.8, 4) is 0 Å². The number of tetrazole rings is 1. The summed E-state index contributed by atoms with van der Waals surface area (Å²) in [6.45, 7) is 12.6. The molecule has 8 heteroatoms. The molecule has 0 aliphatic rings. The zero-order chi connectivity index (χ0) is 15.7. The number of carbonyl (C=O) groups is 1. The van der Waals surface area contributed by atoms with Gasteiger partial charge in [0, 0.05) is 13.1 Å². The molecule has 1 heterocycles. The first-order valence-corrected chi connectivity index (χ1v) is 7.94. The van der Waals surface area contributed by atoms with Crippen LogP contribution in [0, 0.1) is 5.92 Å². The molecule has 0 aliphatic carbocycles. The Morgan fingerprint density at radius 1 is 1.48 bits per heavy atom.